The molecule has 2 unspecified atom stereocenters. The summed E-state index contributed by atoms with van der Waals surface area (Å²) in [6, 6.07) is 0. The minimum atomic E-state index is -0.696. The largest absolute Gasteiger partial charge is 0.480 e. The zero-order valence-corrected chi connectivity index (χ0v) is 10.8. The maximum absolute atomic E-state index is 11.5. The highest BCUT2D eigenvalue weighted by Crippen LogP contribution is 2.30. The summed E-state index contributed by atoms with van der Waals surface area (Å²) < 4.78 is 0. The average Bonchev–Trinajstić information content (AvgIpc) is 3.07. The summed E-state index contributed by atoms with van der Waals surface area (Å²) in [7, 11) is 0. The van der Waals surface area contributed by atoms with E-state index in [1.165, 1.54) is 12.8 Å². The number of hydrogen-bond donors (Lipinski definition) is 2. The zero-order valence-electron chi connectivity index (χ0n) is 10.8. The van der Waals surface area contributed by atoms with Crippen molar-refractivity contribution < 1.29 is 9.90 Å². The first-order valence-corrected chi connectivity index (χ1v) is 6.52. The maximum Gasteiger partial charge on any atom is 0.323 e. The number of rotatable bonds is 8. The Bertz CT molecular complexity index is 238. The van der Waals surface area contributed by atoms with Gasteiger partial charge in [0.2, 0.25) is 0 Å². The second kappa shape index (κ2) is 5.67. The molecule has 0 bridgehead atoms. The van der Waals surface area contributed by atoms with Crippen molar-refractivity contribution in [2.75, 3.05) is 6.54 Å². The molecule has 1 fully saturated rings. The van der Waals surface area contributed by atoms with E-state index < -0.39 is 11.5 Å². The van der Waals surface area contributed by atoms with Crippen LogP contribution in [0.5, 0.6) is 0 Å². The van der Waals surface area contributed by atoms with Gasteiger partial charge in [0, 0.05) is 0 Å². The third-order valence-electron chi connectivity index (χ3n) is 3.83. The van der Waals surface area contributed by atoms with Crippen LogP contribution in [0.3, 0.4) is 0 Å². The van der Waals surface area contributed by atoms with Crippen LogP contribution in [0.25, 0.3) is 0 Å². The van der Waals surface area contributed by atoms with Crippen LogP contribution in [0.1, 0.15) is 52.9 Å². The van der Waals surface area contributed by atoms with Gasteiger partial charge >= 0.3 is 5.97 Å². The van der Waals surface area contributed by atoms with Crippen LogP contribution in [0, 0.1) is 11.8 Å². The van der Waals surface area contributed by atoms with Gasteiger partial charge in [-0.2, -0.15) is 0 Å². The Morgan fingerprint density at radius 1 is 1.50 bits per heavy atom. The highest BCUT2D eigenvalue weighted by molar-refractivity contribution is 5.78. The SMILES string of the molecule is CCC(C)CC(CC)(NCC1CC1)C(=O)O. The molecule has 0 spiro atoms. The van der Waals surface area contributed by atoms with Crippen LogP contribution in [0.2, 0.25) is 0 Å². The van der Waals surface area contributed by atoms with E-state index in [4.69, 9.17) is 0 Å². The molecule has 0 saturated heterocycles. The normalized spacial score (nSPS) is 21.4. The van der Waals surface area contributed by atoms with Gasteiger partial charge in [-0.1, -0.05) is 27.2 Å². The molecular formula is C13H25NO2. The van der Waals surface area contributed by atoms with Crippen molar-refractivity contribution in [2.24, 2.45) is 11.8 Å². The molecular weight excluding hydrogens is 202 g/mol. The van der Waals surface area contributed by atoms with E-state index in [0.29, 0.717) is 12.3 Å². The summed E-state index contributed by atoms with van der Waals surface area (Å²) in [5, 5.41) is 12.7. The van der Waals surface area contributed by atoms with E-state index in [1.807, 2.05) is 6.92 Å². The topological polar surface area (TPSA) is 49.3 Å². The highest BCUT2D eigenvalue weighted by atomic mass is 16.4. The van der Waals surface area contributed by atoms with Gasteiger partial charge in [0.1, 0.15) is 5.54 Å². The second-order valence-electron chi connectivity index (χ2n) is 5.28. The van der Waals surface area contributed by atoms with Gasteiger partial charge < -0.3 is 10.4 Å². The molecule has 94 valence electrons. The zero-order chi connectivity index (χ0) is 12.2. The summed E-state index contributed by atoms with van der Waals surface area (Å²) in [5.41, 5.74) is -0.696. The van der Waals surface area contributed by atoms with Crippen LogP contribution in [-0.2, 0) is 4.79 Å². The number of hydrogen-bond acceptors (Lipinski definition) is 2. The van der Waals surface area contributed by atoms with Crippen molar-refractivity contribution in [2.45, 2.75) is 58.4 Å². The Labute approximate surface area is 98.6 Å². The van der Waals surface area contributed by atoms with Crippen LogP contribution in [0.4, 0.5) is 0 Å². The van der Waals surface area contributed by atoms with Gasteiger partial charge in [-0.25, -0.2) is 0 Å². The molecule has 0 aromatic carbocycles. The van der Waals surface area contributed by atoms with Gasteiger partial charge in [-0.15, -0.1) is 0 Å². The Balaban J connectivity index is 2.59. The summed E-state index contributed by atoms with van der Waals surface area (Å²) in [6.07, 6.45) is 4.97. The number of aliphatic carboxylic acids is 1. The van der Waals surface area contributed by atoms with E-state index in [9.17, 15) is 9.90 Å². The van der Waals surface area contributed by atoms with Crippen molar-refractivity contribution in [3.05, 3.63) is 0 Å². The van der Waals surface area contributed by atoms with Crippen molar-refractivity contribution >= 4 is 5.97 Å². The van der Waals surface area contributed by atoms with Crippen LogP contribution < -0.4 is 5.32 Å². The molecule has 1 rings (SSSR count). The lowest BCUT2D eigenvalue weighted by Gasteiger charge is -2.32. The standard InChI is InChI=1S/C13H25NO2/c1-4-10(3)8-13(5-2,12(15)16)14-9-11-6-7-11/h10-11,14H,4-9H2,1-3H3,(H,15,16). The van der Waals surface area contributed by atoms with Crippen molar-refractivity contribution in [3.8, 4) is 0 Å². The molecule has 2 N–H and O–H groups in total. The number of carbonyl (C=O) groups is 1. The van der Waals surface area contributed by atoms with Crippen LogP contribution in [0.15, 0.2) is 0 Å². The Morgan fingerprint density at radius 3 is 2.50 bits per heavy atom. The molecule has 0 aromatic heterocycles. The van der Waals surface area contributed by atoms with Crippen molar-refractivity contribution in [1.82, 2.24) is 5.32 Å². The molecule has 16 heavy (non-hydrogen) atoms. The Morgan fingerprint density at radius 2 is 2.12 bits per heavy atom. The van der Waals surface area contributed by atoms with Crippen molar-refractivity contribution in [3.63, 3.8) is 0 Å². The fourth-order valence-electron chi connectivity index (χ4n) is 2.06. The third kappa shape index (κ3) is 3.48. The molecule has 2 atom stereocenters. The second-order valence-corrected chi connectivity index (χ2v) is 5.28. The first-order chi connectivity index (χ1) is 7.54. The van der Waals surface area contributed by atoms with Gasteiger partial charge in [-0.3, -0.25) is 4.79 Å². The maximum atomic E-state index is 11.5. The van der Waals surface area contributed by atoms with Crippen LogP contribution in [-0.4, -0.2) is 23.2 Å². The third-order valence-corrected chi connectivity index (χ3v) is 3.83. The minimum absolute atomic E-state index is 0.461. The molecule has 3 heteroatoms. The molecule has 1 saturated carbocycles. The van der Waals surface area contributed by atoms with E-state index in [-0.39, 0.29) is 0 Å². The molecule has 0 radical (unpaired) electrons. The van der Waals surface area contributed by atoms with E-state index in [0.717, 1.165) is 25.3 Å². The van der Waals surface area contributed by atoms with E-state index in [1.54, 1.807) is 0 Å². The first kappa shape index (κ1) is 13.5. The van der Waals surface area contributed by atoms with Crippen LogP contribution >= 0.6 is 0 Å². The van der Waals surface area contributed by atoms with Gasteiger partial charge in [0.25, 0.3) is 0 Å². The molecule has 0 aliphatic heterocycles. The quantitative estimate of drug-likeness (QED) is 0.670. The lowest BCUT2D eigenvalue weighted by molar-refractivity contribution is -0.146. The molecule has 3 nitrogen and oxygen atoms in total. The molecule has 0 heterocycles. The lowest BCUT2D eigenvalue weighted by Crippen LogP contribution is -2.53. The lowest BCUT2D eigenvalue weighted by atomic mass is 9.84. The molecule has 1 aliphatic carbocycles. The van der Waals surface area contributed by atoms with E-state index >= 15 is 0 Å². The number of carboxylic acid groups (broad SMARTS) is 1. The highest BCUT2D eigenvalue weighted by Gasteiger charge is 2.38. The monoisotopic (exact) mass is 227 g/mol. The number of carboxylic acids is 1. The van der Waals surface area contributed by atoms with E-state index in [2.05, 4.69) is 19.2 Å². The average molecular weight is 227 g/mol. The first-order valence-electron chi connectivity index (χ1n) is 6.52. The number of nitrogens with one attached hydrogen (secondary N) is 1. The molecule has 1 aliphatic rings. The molecule has 0 amide bonds. The predicted molar refractivity (Wildman–Crippen MR) is 65.5 cm³/mol. The smallest absolute Gasteiger partial charge is 0.323 e. The summed E-state index contributed by atoms with van der Waals surface area (Å²) >= 11 is 0. The fraction of sp³-hybridized carbons (Fsp3) is 0.923. The summed E-state index contributed by atoms with van der Waals surface area (Å²) in [5.74, 6) is 0.501. The van der Waals surface area contributed by atoms with Gasteiger partial charge in [0.15, 0.2) is 0 Å². The predicted octanol–water partition coefficient (Wildman–Crippen LogP) is 2.66. The Kier molecular flexibility index (Phi) is 4.78. The summed E-state index contributed by atoms with van der Waals surface area (Å²) in [6.45, 7) is 7.09. The Hall–Kier alpha value is -0.570. The van der Waals surface area contributed by atoms with Gasteiger partial charge in [-0.05, 0) is 44.1 Å². The molecule has 0 aromatic rings. The summed E-state index contributed by atoms with van der Waals surface area (Å²) in [4.78, 5) is 11.5. The van der Waals surface area contributed by atoms with Crippen molar-refractivity contribution in [1.29, 1.82) is 0 Å². The van der Waals surface area contributed by atoms with Gasteiger partial charge in [0.05, 0.1) is 0 Å². The fourth-order valence-corrected chi connectivity index (χ4v) is 2.06. The minimum Gasteiger partial charge on any atom is -0.480 e.